The molecule has 0 spiro atoms. The fraction of sp³-hybridized carbons (Fsp3) is 0.100. The van der Waals surface area contributed by atoms with Crippen LogP contribution in [0.5, 0.6) is 0 Å². The van der Waals surface area contributed by atoms with Gasteiger partial charge in [-0.2, -0.15) is 0 Å². The van der Waals surface area contributed by atoms with Gasteiger partial charge in [0.05, 0.1) is 0 Å². The number of Topliss-reactive ketones (excluding diaryl/α,β-unsaturated/α-hetero) is 1. The number of rotatable bonds is 4. The van der Waals surface area contributed by atoms with Crippen LogP contribution in [0.3, 0.4) is 0 Å². The molecule has 3 aromatic carbocycles. The Balaban J connectivity index is 2.11. The van der Waals surface area contributed by atoms with E-state index in [1.807, 2.05) is 48.5 Å². The van der Waals surface area contributed by atoms with Crippen LogP contribution in [-0.4, -0.2) is 25.8 Å². The Morgan fingerprint density at radius 1 is 0.957 bits per heavy atom. The zero-order valence-electron chi connectivity index (χ0n) is 12.9. The average Bonchev–Trinajstić information content (AvgIpc) is 2.55. The third kappa shape index (κ3) is 3.12. The average molecular weight is 366 g/mol. The first-order chi connectivity index (χ1) is 11.1. The van der Waals surface area contributed by atoms with Crippen LogP contribution in [0.1, 0.15) is 23.6 Å². The number of benzene rings is 3. The summed E-state index contributed by atoms with van der Waals surface area (Å²) in [7, 11) is 0. The van der Waals surface area contributed by atoms with Crippen molar-refractivity contribution in [3.05, 3.63) is 77.4 Å². The van der Waals surface area contributed by atoms with E-state index in [9.17, 15) is 4.79 Å². The normalized spacial score (nSPS) is 10.7. The molecule has 0 amide bonds. The van der Waals surface area contributed by atoms with Gasteiger partial charge in [0, 0.05) is 0 Å². The Morgan fingerprint density at radius 2 is 1.65 bits per heavy atom. The van der Waals surface area contributed by atoms with Gasteiger partial charge in [0.1, 0.15) is 0 Å². The number of hydrogen-bond donors (Lipinski definition) is 1. The quantitative estimate of drug-likeness (QED) is 0.569. The van der Waals surface area contributed by atoms with E-state index >= 15 is 0 Å². The van der Waals surface area contributed by atoms with Gasteiger partial charge in [-0.05, 0) is 0 Å². The molecule has 0 atom stereocenters. The summed E-state index contributed by atoms with van der Waals surface area (Å²) in [6.07, 6.45) is 0.425. The first-order valence-electron chi connectivity index (χ1n) is 7.47. The van der Waals surface area contributed by atoms with Crippen LogP contribution in [0.4, 0.5) is 5.69 Å². The van der Waals surface area contributed by atoms with E-state index < -0.39 is 0 Å². The summed E-state index contributed by atoms with van der Waals surface area (Å²) >= 11 is 3.15. The van der Waals surface area contributed by atoms with E-state index in [1.165, 1.54) is 0 Å². The SMILES string of the molecule is CC(=O)Cc1ccccc1C(=[Se])c1ccc2ccccc2c1N. The molecule has 0 aliphatic carbocycles. The Kier molecular flexibility index (Phi) is 4.42. The Morgan fingerprint density at radius 3 is 2.43 bits per heavy atom. The van der Waals surface area contributed by atoms with Crippen molar-refractivity contribution in [3.8, 4) is 0 Å². The van der Waals surface area contributed by atoms with Gasteiger partial charge in [0.15, 0.2) is 0 Å². The molecular weight excluding hydrogens is 349 g/mol. The number of carbonyl (C=O) groups is 1. The second kappa shape index (κ2) is 6.49. The Bertz CT molecular complexity index is 914. The minimum absolute atomic E-state index is 0.150. The molecule has 3 aromatic rings. The Labute approximate surface area is 143 Å². The second-order valence-corrected chi connectivity index (χ2v) is 6.47. The van der Waals surface area contributed by atoms with Crippen molar-refractivity contribution in [3.63, 3.8) is 0 Å². The van der Waals surface area contributed by atoms with Crippen LogP contribution in [0.25, 0.3) is 10.8 Å². The summed E-state index contributed by atoms with van der Waals surface area (Å²) in [6, 6.07) is 20.1. The summed E-state index contributed by atoms with van der Waals surface area (Å²) in [6.45, 7) is 1.61. The molecule has 2 nitrogen and oxygen atoms in total. The predicted molar refractivity (Wildman–Crippen MR) is 98.2 cm³/mol. The summed E-state index contributed by atoms with van der Waals surface area (Å²) < 4.78 is 0.977. The number of ketones is 1. The Hall–Kier alpha value is -2.22. The zero-order chi connectivity index (χ0) is 16.4. The van der Waals surface area contributed by atoms with E-state index in [1.54, 1.807) is 6.92 Å². The summed E-state index contributed by atoms with van der Waals surface area (Å²) in [4.78, 5) is 11.5. The van der Waals surface area contributed by atoms with Gasteiger partial charge < -0.3 is 0 Å². The van der Waals surface area contributed by atoms with Crippen molar-refractivity contribution < 1.29 is 4.79 Å². The molecule has 0 aliphatic heterocycles. The van der Waals surface area contributed by atoms with Crippen LogP contribution < -0.4 is 5.73 Å². The number of fused-ring (bicyclic) bond motifs is 1. The molecule has 0 aliphatic rings. The van der Waals surface area contributed by atoms with E-state index in [0.717, 1.165) is 37.6 Å². The van der Waals surface area contributed by atoms with Crippen molar-refractivity contribution in [2.75, 3.05) is 5.73 Å². The van der Waals surface area contributed by atoms with E-state index in [4.69, 9.17) is 5.73 Å². The van der Waals surface area contributed by atoms with Crippen LogP contribution in [0, 0.1) is 0 Å². The number of hydrogen-bond acceptors (Lipinski definition) is 2. The molecule has 0 fully saturated rings. The van der Waals surface area contributed by atoms with Crippen molar-refractivity contribution in [2.24, 2.45) is 0 Å². The van der Waals surface area contributed by atoms with Crippen molar-refractivity contribution in [1.29, 1.82) is 0 Å². The van der Waals surface area contributed by atoms with Gasteiger partial charge in [-0.25, -0.2) is 0 Å². The third-order valence-corrected chi connectivity index (χ3v) is 4.84. The molecule has 0 aromatic heterocycles. The first-order valence-corrected chi connectivity index (χ1v) is 8.33. The minimum atomic E-state index is 0.150. The van der Waals surface area contributed by atoms with Crippen LogP contribution in [0.15, 0.2) is 60.7 Å². The van der Waals surface area contributed by atoms with Gasteiger partial charge >= 0.3 is 143 Å². The molecule has 0 heterocycles. The molecule has 2 N–H and O–H groups in total. The molecule has 0 radical (unpaired) electrons. The molecule has 0 saturated heterocycles. The predicted octanol–water partition coefficient (Wildman–Crippen LogP) is 3.29. The van der Waals surface area contributed by atoms with Gasteiger partial charge in [-0.1, -0.05) is 0 Å². The maximum absolute atomic E-state index is 11.5. The third-order valence-electron chi connectivity index (χ3n) is 3.92. The van der Waals surface area contributed by atoms with Crippen LogP contribution in [0.2, 0.25) is 0 Å². The van der Waals surface area contributed by atoms with E-state index in [2.05, 4.69) is 27.7 Å². The van der Waals surface area contributed by atoms with Crippen molar-refractivity contribution in [2.45, 2.75) is 13.3 Å². The number of anilines is 1. The molecule has 0 bridgehead atoms. The number of nitrogens with two attached hydrogens (primary N) is 1. The van der Waals surface area contributed by atoms with Crippen molar-refractivity contribution in [1.82, 2.24) is 0 Å². The fourth-order valence-electron chi connectivity index (χ4n) is 2.80. The summed E-state index contributed by atoms with van der Waals surface area (Å²) in [5.41, 5.74) is 10.2. The molecule has 0 unspecified atom stereocenters. The standard InChI is InChI=1S/C20H17NOSe/c1-13(22)12-15-7-3-5-9-17(15)20(23)18-11-10-14-6-2-4-8-16(14)19(18)21/h2-11H,12,21H2,1H3. The van der Waals surface area contributed by atoms with E-state index in [0.29, 0.717) is 6.42 Å². The first kappa shape index (κ1) is 15.7. The van der Waals surface area contributed by atoms with Crippen molar-refractivity contribution >= 4 is 42.2 Å². The van der Waals surface area contributed by atoms with Gasteiger partial charge in [-0.15, -0.1) is 0 Å². The van der Waals surface area contributed by atoms with E-state index in [-0.39, 0.29) is 5.78 Å². The number of carbonyl (C=O) groups excluding carboxylic acids is 1. The monoisotopic (exact) mass is 367 g/mol. The van der Waals surface area contributed by atoms with Gasteiger partial charge in [0.25, 0.3) is 0 Å². The number of nitrogen functional groups attached to an aromatic ring is 1. The second-order valence-electron chi connectivity index (χ2n) is 5.61. The summed E-state index contributed by atoms with van der Waals surface area (Å²) in [5, 5.41) is 2.17. The molecular formula is C20H17NOSe. The molecule has 23 heavy (non-hydrogen) atoms. The fourth-order valence-corrected chi connectivity index (χ4v) is 3.59. The van der Waals surface area contributed by atoms with Gasteiger partial charge in [-0.3, -0.25) is 0 Å². The molecule has 3 rings (SSSR count). The molecule has 0 saturated carbocycles. The molecule has 114 valence electrons. The van der Waals surface area contributed by atoms with Gasteiger partial charge in [0.2, 0.25) is 0 Å². The zero-order valence-corrected chi connectivity index (χ0v) is 14.6. The van der Waals surface area contributed by atoms with Crippen LogP contribution >= 0.6 is 0 Å². The van der Waals surface area contributed by atoms with Crippen LogP contribution in [-0.2, 0) is 11.2 Å². The molecule has 3 heteroatoms. The summed E-state index contributed by atoms with van der Waals surface area (Å²) in [5.74, 6) is 0.150. The maximum atomic E-state index is 11.5. The topological polar surface area (TPSA) is 43.1 Å².